The highest BCUT2D eigenvalue weighted by Crippen LogP contribution is 2.50. The fourth-order valence-corrected chi connectivity index (χ4v) is 3.47. The summed E-state index contributed by atoms with van der Waals surface area (Å²) in [7, 11) is 1.61. The number of hydrogen-bond donors (Lipinski definition) is 0. The Labute approximate surface area is 143 Å². The Morgan fingerprint density at radius 3 is 2.72 bits per heavy atom. The molecule has 6 nitrogen and oxygen atoms in total. The van der Waals surface area contributed by atoms with Gasteiger partial charge in [0.05, 0.1) is 12.7 Å². The lowest BCUT2D eigenvalue weighted by Crippen LogP contribution is -2.18. The Morgan fingerprint density at radius 2 is 1.88 bits per heavy atom. The van der Waals surface area contributed by atoms with Crippen molar-refractivity contribution in [1.82, 2.24) is 0 Å². The minimum Gasteiger partial charge on any atom is -0.497 e. The van der Waals surface area contributed by atoms with Gasteiger partial charge in [0.25, 0.3) is 0 Å². The van der Waals surface area contributed by atoms with Crippen LogP contribution < -0.4 is 18.9 Å². The number of carbonyl (C=O) groups is 1. The van der Waals surface area contributed by atoms with Crippen molar-refractivity contribution in [2.45, 2.75) is 5.92 Å². The van der Waals surface area contributed by atoms with Crippen LogP contribution in [0.25, 0.3) is 0 Å². The maximum absolute atomic E-state index is 12.3. The summed E-state index contributed by atoms with van der Waals surface area (Å²) in [6, 6.07) is 11.3. The molecule has 0 aliphatic carbocycles. The molecule has 6 heteroatoms. The summed E-state index contributed by atoms with van der Waals surface area (Å²) in [6.45, 7) is 0.319. The molecule has 2 aromatic carbocycles. The molecule has 0 amide bonds. The first-order chi connectivity index (χ1) is 12.2. The normalized spacial score (nSPS) is 19.9. The molecule has 0 aromatic heterocycles. The largest absolute Gasteiger partial charge is 0.497 e. The topological polar surface area (TPSA) is 63.2 Å². The van der Waals surface area contributed by atoms with Crippen molar-refractivity contribution in [3.63, 3.8) is 0 Å². The molecular weight excluding hydrogens is 324 g/mol. The zero-order valence-corrected chi connectivity index (χ0v) is 13.4. The van der Waals surface area contributed by atoms with Crippen LogP contribution in [0.15, 0.2) is 47.7 Å². The third-order valence-electron chi connectivity index (χ3n) is 4.62. The van der Waals surface area contributed by atoms with Gasteiger partial charge in [-0.2, -0.15) is 0 Å². The van der Waals surface area contributed by atoms with Crippen molar-refractivity contribution < 1.29 is 28.5 Å². The first-order valence-electron chi connectivity index (χ1n) is 7.90. The summed E-state index contributed by atoms with van der Waals surface area (Å²) in [5.41, 5.74) is 2.30. The summed E-state index contributed by atoms with van der Waals surface area (Å²) in [5, 5.41) is 0. The van der Waals surface area contributed by atoms with Crippen LogP contribution in [0.1, 0.15) is 17.0 Å². The molecule has 5 rings (SSSR count). The van der Waals surface area contributed by atoms with Crippen LogP contribution in [0.3, 0.4) is 0 Å². The van der Waals surface area contributed by atoms with Gasteiger partial charge in [-0.05, 0) is 23.8 Å². The van der Waals surface area contributed by atoms with E-state index in [1.807, 2.05) is 30.3 Å². The average Bonchev–Trinajstić information content (AvgIpc) is 3.24. The van der Waals surface area contributed by atoms with Crippen LogP contribution in [0.5, 0.6) is 23.0 Å². The molecule has 3 aliphatic heterocycles. The summed E-state index contributed by atoms with van der Waals surface area (Å²) in [6.07, 6.45) is 0. The Bertz CT molecular complexity index is 930. The van der Waals surface area contributed by atoms with Gasteiger partial charge in [-0.15, -0.1) is 0 Å². The molecule has 1 atom stereocenters. The standard InChI is InChI=1S/C19H14O6/c1-21-11-4-2-3-10(5-11)17-12-6-14-15(24-9-23-14)7-13(12)25-16-8-22-19(20)18(16)17/h2-7,17H,8-9H2,1H3/t17-/m1/s1. The summed E-state index contributed by atoms with van der Waals surface area (Å²) >= 11 is 0. The highest BCUT2D eigenvalue weighted by Gasteiger charge is 2.41. The van der Waals surface area contributed by atoms with Gasteiger partial charge in [-0.3, -0.25) is 0 Å². The molecule has 2 aromatic rings. The van der Waals surface area contributed by atoms with Crippen molar-refractivity contribution in [2.24, 2.45) is 0 Å². The number of ether oxygens (including phenoxy) is 5. The zero-order chi connectivity index (χ0) is 17.0. The second kappa shape index (κ2) is 5.17. The zero-order valence-electron chi connectivity index (χ0n) is 13.4. The lowest BCUT2D eigenvalue weighted by atomic mass is 9.82. The van der Waals surface area contributed by atoms with Crippen LogP contribution in [0.4, 0.5) is 0 Å². The Balaban J connectivity index is 1.72. The number of benzene rings is 2. The van der Waals surface area contributed by atoms with Gasteiger partial charge in [0, 0.05) is 17.5 Å². The average molecular weight is 338 g/mol. The van der Waals surface area contributed by atoms with Gasteiger partial charge >= 0.3 is 5.97 Å². The van der Waals surface area contributed by atoms with Crippen LogP contribution in [0, 0.1) is 0 Å². The van der Waals surface area contributed by atoms with Gasteiger partial charge in [-0.25, -0.2) is 4.79 Å². The highest BCUT2D eigenvalue weighted by molar-refractivity contribution is 5.95. The van der Waals surface area contributed by atoms with E-state index in [-0.39, 0.29) is 25.3 Å². The summed E-state index contributed by atoms with van der Waals surface area (Å²) < 4.78 is 27.4. The molecule has 0 spiro atoms. The number of hydrogen-bond acceptors (Lipinski definition) is 6. The van der Waals surface area contributed by atoms with Crippen LogP contribution in [-0.2, 0) is 9.53 Å². The summed E-state index contributed by atoms with van der Waals surface area (Å²) in [5.74, 6) is 2.53. The van der Waals surface area contributed by atoms with Gasteiger partial charge in [0.1, 0.15) is 18.1 Å². The molecule has 0 fully saturated rings. The highest BCUT2D eigenvalue weighted by atomic mass is 16.7. The van der Waals surface area contributed by atoms with Crippen LogP contribution in [-0.4, -0.2) is 26.5 Å². The van der Waals surface area contributed by atoms with E-state index in [1.54, 1.807) is 13.2 Å². The van der Waals surface area contributed by atoms with Crippen molar-refractivity contribution in [2.75, 3.05) is 20.5 Å². The quantitative estimate of drug-likeness (QED) is 0.785. The molecule has 0 radical (unpaired) electrons. The van der Waals surface area contributed by atoms with E-state index in [9.17, 15) is 4.79 Å². The number of cyclic esters (lactones) is 1. The van der Waals surface area contributed by atoms with Crippen molar-refractivity contribution >= 4 is 5.97 Å². The van der Waals surface area contributed by atoms with Gasteiger partial charge in [0.15, 0.2) is 17.3 Å². The number of methoxy groups -OCH3 is 1. The van der Waals surface area contributed by atoms with Crippen molar-refractivity contribution in [1.29, 1.82) is 0 Å². The monoisotopic (exact) mass is 338 g/mol. The van der Waals surface area contributed by atoms with E-state index in [0.29, 0.717) is 28.6 Å². The Hall–Kier alpha value is -3.15. The Kier molecular flexibility index (Phi) is 2.94. The van der Waals surface area contributed by atoms with Gasteiger partial charge in [0.2, 0.25) is 6.79 Å². The van der Waals surface area contributed by atoms with Crippen LogP contribution >= 0.6 is 0 Å². The molecule has 0 saturated carbocycles. The first-order valence-corrected chi connectivity index (χ1v) is 7.90. The van der Waals surface area contributed by atoms with Crippen LogP contribution in [0.2, 0.25) is 0 Å². The first kappa shape index (κ1) is 14.2. The molecule has 0 N–H and O–H groups in total. The SMILES string of the molecule is COc1cccc([C@H]2C3=C(COC3=O)Oc3cc4c(cc32)OCO4)c1. The molecule has 0 bridgehead atoms. The smallest absolute Gasteiger partial charge is 0.339 e. The van der Waals surface area contributed by atoms with E-state index in [1.165, 1.54) is 0 Å². The summed E-state index contributed by atoms with van der Waals surface area (Å²) in [4.78, 5) is 12.3. The van der Waals surface area contributed by atoms with E-state index in [0.717, 1.165) is 16.9 Å². The number of fused-ring (bicyclic) bond motifs is 2. The molecule has 3 aliphatic rings. The molecule has 0 unspecified atom stereocenters. The lowest BCUT2D eigenvalue weighted by Gasteiger charge is -2.26. The number of rotatable bonds is 2. The maximum atomic E-state index is 12.3. The Morgan fingerprint density at radius 1 is 1.04 bits per heavy atom. The predicted octanol–water partition coefficient (Wildman–Crippen LogP) is 2.76. The van der Waals surface area contributed by atoms with Crippen molar-refractivity contribution in [3.05, 3.63) is 58.9 Å². The number of esters is 1. The van der Waals surface area contributed by atoms with E-state index >= 15 is 0 Å². The molecule has 25 heavy (non-hydrogen) atoms. The van der Waals surface area contributed by atoms with Gasteiger partial charge < -0.3 is 23.7 Å². The van der Waals surface area contributed by atoms with E-state index in [2.05, 4.69) is 0 Å². The minimum atomic E-state index is -0.355. The minimum absolute atomic E-state index is 0.141. The fraction of sp³-hybridized carbons (Fsp3) is 0.211. The fourth-order valence-electron chi connectivity index (χ4n) is 3.47. The second-order valence-electron chi connectivity index (χ2n) is 5.97. The molecular formula is C19H14O6. The third-order valence-corrected chi connectivity index (χ3v) is 4.62. The van der Waals surface area contributed by atoms with E-state index < -0.39 is 0 Å². The molecule has 3 heterocycles. The number of carbonyl (C=O) groups excluding carboxylic acids is 1. The third kappa shape index (κ3) is 2.07. The van der Waals surface area contributed by atoms with E-state index in [4.69, 9.17) is 23.7 Å². The van der Waals surface area contributed by atoms with Gasteiger partial charge in [-0.1, -0.05) is 12.1 Å². The lowest BCUT2D eigenvalue weighted by molar-refractivity contribution is -0.136. The molecule has 0 saturated heterocycles. The maximum Gasteiger partial charge on any atom is 0.339 e. The molecule has 126 valence electrons. The predicted molar refractivity (Wildman–Crippen MR) is 86.0 cm³/mol. The van der Waals surface area contributed by atoms with Crippen molar-refractivity contribution in [3.8, 4) is 23.0 Å². The second-order valence-corrected chi connectivity index (χ2v) is 5.97.